The number of nitrogens with one attached hydrogen (secondary N) is 1. The quantitative estimate of drug-likeness (QED) is 0.260. The monoisotopic (exact) mass is 594 g/mol. The van der Waals surface area contributed by atoms with Crippen molar-refractivity contribution >= 4 is 17.6 Å². The summed E-state index contributed by atoms with van der Waals surface area (Å²) in [6.07, 6.45) is 5.48. The lowest BCUT2D eigenvalue weighted by Crippen LogP contribution is -2.53. The van der Waals surface area contributed by atoms with Gasteiger partial charge < -0.3 is 19.9 Å². The Morgan fingerprint density at radius 3 is 2.43 bits per heavy atom. The Morgan fingerprint density at radius 1 is 0.909 bits per heavy atom. The number of carbonyl (C=O) groups excluding carboxylic acids is 1. The molecule has 0 bridgehead atoms. The second kappa shape index (κ2) is 13.9. The van der Waals surface area contributed by atoms with Gasteiger partial charge in [-0.05, 0) is 73.4 Å². The molecule has 4 aromatic rings. The highest BCUT2D eigenvalue weighted by Crippen LogP contribution is 2.30. The molecule has 1 N–H and O–H groups in total. The number of hydrogen-bond donors (Lipinski definition) is 1. The second-order valence-electron chi connectivity index (χ2n) is 11.7. The molecular weight excluding hydrogens is 555 g/mol. The average molecular weight is 595 g/mol. The molecule has 2 aliphatic rings. The second-order valence-corrected chi connectivity index (χ2v) is 11.7. The molecule has 8 nitrogen and oxygen atoms in total. The van der Waals surface area contributed by atoms with Crippen molar-refractivity contribution in [2.45, 2.75) is 45.0 Å². The number of benzene rings is 2. The lowest BCUT2D eigenvalue weighted by atomic mass is 10.0. The van der Waals surface area contributed by atoms with Crippen molar-refractivity contribution in [1.82, 2.24) is 19.8 Å². The molecule has 2 aromatic heterocycles. The smallest absolute Gasteiger partial charge is 0.410 e. The van der Waals surface area contributed by atoms with Gasteiger partial charge in [0.2, 0.25) is 0 Å². The van der Waals surface area contributed by atoms with E-state index in [1.165, 1.54) is 12.1 Å². The fourth-order valence-corrected chi connectivity index (χ4v) is 6.05. The van der Waals surface area contributed by atoms with Crippen LogP contribution in [0.5, 0.6) is 0 Å². The van der Waals surface area contributed by atoms with Crippen molar-refractivity contribution in [2.24, 2.45) is 0 Å². The number of piperidine rings is 1. The highest BCUT2D eigenvalue weighted by atomic mass is 19.1. The molecule has 6 rings (SSSR count). The van der Waals surface area contributed by atoms with Gasteiger partial charge in [-0.15, -0.1) is 0 Å². The minimum absolute atomic E-state index is 0.0623. The first kappa shape index (κ1) is 29.6. The van der Waals surface area contributed by atoms with Crippen molar-refractivity contribution in [3.05, 3.63) is 108 Å². The third-order valence-electron chi connectivity index (χ3n) is 8.45. The van der Waals surface area contributed by atoms with Crippen LogP contribution in [-0.2, 0) is 17.9 Å². The molecule has 2 aromatic carbocycles. The minimum atomic E-state index is -0.257. The van der Waals surface area contributed by atoms with Crippen LogP contribution in [0, 0.1) is 5.82 Å². The highest BCUT2D eigenvalue weighted by Gasteiger charge is 2.29. The van der Waals surface area contributed by atoms with Gasteiger partial charge in [-0.1, -0.05) is 36.4 Å². The predicted octanol–water partition coefficient (Wildman–Crippen LogP) is 6.21. The summed E-state index contributed by atoms with van der Waals surface area (Å²) in [5.41, 5.74) is 5.01. The van der Waals surface area contributed by atoms with Gasteiger partial charge in [0.05, 0.1) is 5.69 Å². The maximum absolute atomic E-state index is 13.3. The van der Waals surface area contributed by atoms with Gasteiger partial charge in [-0.3, -0.25) is 9.88 Å². The van der Waals surface area contributed by atoms with Gasteiger partial charge >= 0.3 is 6.09 Å². The number of piperazine rings is 1. The molecule has 44 heavy (non-hydrogen) atoms. The van der Waals surface area contributed by atoms with Crippen LogP contribution >= 0.6 is 0 Å². The molecule has 2 aliphatic heterocycles. The molecule has 4 heterocycles. The number of pyridine rings is 2. The van der Waals surface area contributed by atoms with Gasteiger partial charge in [-0.25, -0.2) is 14.2 Å². The van der Waals surface area contributed by atoms with E-state index in [0.717, 1.165) is 79.5 Å². The SMILES string of the molecule is C[C@H]1CN(Cc2ccc(-c3cccnc3N3CCC(Nc4ccc(F)cc4)CC3)nc2)CCN1C(=O)OCc1ccccc1. The van der Waals surface area contributed by atoms with E-state index in [1.54, 1.807) is 12.1 Å². The van der Waals surface area contributed by atoms with Crippen LogP contribution in [-0.4, -0.2) is 70.7 Å². The lowest BCUT2D eigenvalue weighted by Gasteiger charge is -2.39. The molecule has 0 saturated carbocycles. The van der Waals surface area contributed by atoms with Crippen LogP contribution in [0.25, 0.3) is 11.3 Å². The van der Waals surface area contributed by atoms with Gasteiger partial charge in [0.15, 0.2) is 0 Å². The first-order valence-corrected chi connectivity index (χ1v) is 15.4. The van der Waals surface area contributed by atoms with Crippen molar-refractivity contribution in [3.63, 3.8) is 0 Å². The molecule has 9 heteroatoms. The van der Waals surface area contributed by atoms with E-state index in [2.05, 4.69) is 40.2 Å². The van der Waals surface area contributed by atoms with Gasteiger partial charge in [0.25, 0.3) is 0 Å². The summed E-state index contributed by atoms with van der Waals surface area (Å²) >= 11 is 0. The first-order chi connectivity index (χ1) is 21.5. The number of nitrogens with zero attached hydrogens (tertiary/aromatic N) is 5. The molecule has 1 amide bonds. The Labute approximate surface area is 258 Å². The molecule has 0 radical (unpaired) electrons. The van der Waals surface area contributed by atoms with E-state index in [4.69, 9.17) is 14.7 Å². The molecule has 1 atom stereocenters. The van der Waals surface area contributed by atoms with Crippen LogP contribution in [0.2, 0.25) is 0 Å². The first-order valence-electron chi connectivity index (χ1n) is 15.4. The van der Waals surface area contributed by atoms with E-state index in [-0.39, 0.29) is 24.6 Å². The summed E-state index contributed by atoms with van der Waals surface area (Å²) in [6, 6.07) is 25.0. The van der Waals surface area contributed by atoms with Crippen LogP contribution in [0.4, 0.5) is 20.7 Å². The number of carbonyl (C=O) groups is 1. The van der Waals surface area contributed by atoms with E-state index >= 15 is 0 Å². The van der Waals surface area contributed by atoms with Crippen LogP contribution < -0.4 is 10.2 Å². The number of amides is 1. The number of anilines is 2. The van der Waals surface area contributed by atoms with Crippen molar-refractivity contribution < 1.29 is 13.9 Å². The van der Waals surface area contributed by atoms with E-state index in [9.17, 15) is 9.18 Å². The Kier molecular flexibility index (Phi) is 9.31. The lowest BCUT2D eigenvalue weighted by molar-refractivity contribution is 0.0458. The van der Waals surface area contributed by atoms with E-state index < -0.39 is 0 Å². The Morgan fingerprint density at radius 2 is 1.70 bits per heavy atom. The predicted molar refractivity (Wildman–Crippen MR) is 171 cm³/mol. The summed E-state index contributed by atoms with van der Waals surface area (Å²) < 4.78 is 18.8. The fourth-order valence-electron chi connectivity index (χ4n) is 6.05. The number of aromatic nitrogens is 2. The largest absolute Gasteiger partial charge is 0.445 e. The molecule has 2 saturated heterocycles. The Balaban J connectivity index is 1.01. The standard InChI is InChI=1S/C35H39FN6O2/c1-26-23-40(20-21-42(26)35(43)44-25-27-6-3-2-4-7-27)24-28-9-14-33(38-22-28)32-8-5-17-37-34(32)41-18-15-31(16-19-41)39-30-12-10-29(36)11-13-30/h2-14,17,22,26,31,39H,15-16,18-21,23-25H2,1H3/t26-/m0/s1. The summed E-state index contributed by atoms with van der Waals surface area (Å²) in [7, 11) is 0. The van der Waals surface area contributed by atoms with Crippen LogP contribution in [0.3, 0.4) is 0 Å². The molecule has 0 unspecified atom stereocenters. The summed E-state index contributed by atoms with van der Waals surface area (Å²) in [6.45, 7) is 7.09. The fraction of sp³-hybridized carbons (Fsp3) is 0.343. The van der Waals surface area contributed by atoms with Crippen LogP contribution in [0.15, 0.2) is 91.3 Å². The number of halogens is 1. The summed E-state index contributed by atoms with van der Waals surface area (Å²) in [4.78, 5) is 28.8. The van der Waals surface area contributed by atoms with Gasteiger partial charge in [-0.2, -0.15) is 0 Å². The van der Waals surface area contributed by atoms with E-state index in [1.807, 2.05) is 53.7 Å². The Bertz CT molecular complexity index is 1510. The van der Waals surface area contributed by atoms with Crippen LogP contribution in [0.1, 0.15) is 30.9 Å². The number of rotatable bonds is 8. The normalized spacial score (nSPS) is 17.8. The Hall–Kier alpha value is -4.50. The van der Waals surface area contributed by atoms with Gasteiger partial charge in [0.1, 0.15) is 18.2 Å². The minimum Gasteiger partial charge on any atom is -0.445 e. The highest BCUT2D eigenvalue weighted by molar-refractivity contribution is 5.73. The number of ether oxygens (including phenoxy) is 1. The van der Waals surface area contributed by atoms with E-state index in [0.29, 0.717) is 12.6 Å². The zero-order valence-electron chi connectivity index (χ0n) is 25.1. The van der Waals surface area contributed by atoms with Crippen molar-refractivity contribution in [1.29, 1.82) is 0 Å². The summed E-state index contributed by atoms with van der Waals surface area (Å²) in [5, 5.41) is 3.53. The topological polar surface area (TPSA) is 73.8 Å². The molecule has 0 aliphatic carbocycles. The van der Waals surface area contributed by atoms with Crippen molar-refractivity contribution in [3.8, 4) is 11.3 Å². The molecule has 0 spiro atoms. The third kappa shape index (κ3) is 7.34. The molecular formula is C35H39FN6O2. The molecule has 228 valence electrons. The van der Waals surface area contributed by atoms with Crippen molar-refractivity contribution in [2.75, 3.05) is 42.9 Å². The zero-order valence-corrected chi connectivity index (χ0v) is 25.1. The third-order valence-corrected chi connectivity index (χ3v) is 8.45. The maximum Gasteiger partial charge on any atom is 0.410 e. The number of hydrogen-bond acceptors (Lipinski definition) is 7. The maximum atomic E-state index is 13.3. The average Bonchev–Trinajstić information content (AvgIpc) is 3.06. The summed E-state index contributed by atoms with van der Waals surface area (Å²) in [5.74, 6) is 0.734. The zero-order chi connectivity index (χ0) is 30.3. The molecule has 2 fully saturated rings. The van der Waals surface area contributed by atoms with Gasteiger partial charge in [0, 0.05) is 75.0 Å².